The van der Waals surface area contributed by atoms with E-state index in [-0.39, 0.29) is 12.5 Å². The lowest BCUT2D eigenvalue weighted by atomic mass is 9.88. The SMILES string of the molecule is CCCCCCCCC=C[C@H]1CC[C@H](O)[C@@H]1CCCCCC(O)(OC)C(=O)O. The first-order valence-electron chi connectivity index (χ1n) is 11.3. The minimum absolute atomic E-state index is 0.0909. The quantitative estimate of drug-likeness (QED) is 0.192. The largest absolute Gasteiger partial charge is 0.477 e. The second-order valence-corrected chi connectivity index (χ2v) is 8.35. The molecule has 5 heteroatoms. The van der Waals surface area contributed by atoms with Crippen LogP contribution in [-0.4, -0.2) is 40.3 Å². The molecule has 0 bridgehead atoms. The molecule has 0 saturated heterocycles. The molecule has 164 valence electrons. The predicted octanol–water partition coefficient (Wildman–Crippen LogP) is 5.05. The lowest BCUT2D eigenvalue weighted by Gasteiger charge is -2.22. The van der Waals surface area contributed by atoms with Crippen LogP contribution in [0.2, 0.25) is 0 Å². The third-order valence-electron chi connectivity index (χ3n) is 6.17. The van der Waals surface area contributed by atoms with Gasteiger partial charge in [0.25, 0.3) is 5.79 Å². The van der Waals surface area contributed by atoms with E-state index in [1.54, 1.807) is 0 Å². The molecular formula is C23H42O5. The Morgan fingerprint density at radius 1 is 1.07 bits per heavy atom. The third-order valence-corrected chi connectivity index (χ3v) is 6.17. The molecule has 0 radical (unpaired) electrons. The molecule has 1 rings (SSSR count). The number of aliphatic hydroxyl groups excluding tert-OH is 1. The standard InChI is InChI=1S/C23H42O5/c1-3-4-5-6-7-8-9-11-14-19-16-17-21(24)20(19)15-12-10-13-18-23(27,28-2)22(25)26/h11,14,19-21,24,27H,3-10,12-13,15-18H2,1-2H3,(H,25,26)/t19-,20+,21-,23?/m0/s1. The van der Waals surface area contributed by atoms with Crippen LogP contribution in [0, 0.1) is 11.8 Å². The van der Waals surface area contributed by atoms with E-state index in [1.165, 1.54) is 45.6 Å². The van der Waals surface area contributed by atoms with Gasteiger partial charge in [0.15, 0.2) is 0 Å². The topological polar surface area (TPSA) is 87.0 Å². The van der Waals surface area contributed by atoms with E-state index < -0.39 is 11.8 Å². The lowest BCUT2D eigenvalue weighted by Crippen LogP contribution is -2.40. The first kappa shape index (κ1) is 25.1. The number of hydrogen-bond acceptors (Lipinski definition) is 4. The summed E-state index contributed by atoms with van der Waals surface area (Å²) < 4.78 is 4.71. The number of unbranched alkanes of at least 4 members (excludes halogenated alkanes) is 8. The monoisotopic (exact) mass is 398 g/mol. The zero-order chi connectivity index (χ0) is 20.8. The summed E-state index contributed by atoms with van der Waals surface area (Å²) in [6, 6.07) is 0. The number of aliphatic hydroxyl groups is 2. The fourth-order valence-electron chi connectivity index (χ4n) is 4.25. The molecule has 0 aromatic rings. The van der Waals surface area contributed by atoms with Gasteiger partial charge in [0.05, 0.1) is 6.10 Å². The molecule has 28 heavy (non-hydrogen) atoms. The van der Waals surface area contributed by atoms with Crippen LogP contribution in [0.4, 0.5) is 0 Å². The molecule has 1 aliphatic rings. The first-order valence-corrected chi connectivity index (χ1v) is 11.3. The van der Waals surface area contributed by atoms with Crippen LogP contribution >= 0.6 is 0 Å². The summed E-state index contributed by atoms with van der Waals surface area (Å²) in [5.41, 5.74) is 0. The van der Waals surface area contributed by atoms with Gasteiger partial charge < -0.3 is 20.1 Å². The summed E-state index contributed by atoms with van der Waals surface area (Å²) in [5, 5.41) is 29.1. The lowest BCUT2D eigenvalue weighted by molar-refractivity contribution is -0.216. The molecule has 1 unspecified atom stereocenters. The van der Waals surface area contributed by atoms with E-state index in [0.29, 0.717) is 18.3 Å². The summed E-state index contributed by atoms with van der Waals surface area (Å²) in [6.45, 7) is 2.24. The average molecular weight is 399 g/mol. The summed E-state index contributed by atoms with van der Waals surface area (Å²) in [5.74, 6) is -2.64. The van der Waals surface area contributed by atoms with Crippen molar-refractivity contribution in [1.29, 1.82) is 0 Å². The van der Waals surface area contributed by atoms with Crippen LogP contribution in [0.25, 0.3) is 0 Å². The molecular weight excluding hydrogens is 356 g/mol. The van der Waals surface area contributed by atoms with Crippen molar-refractivity contribution >= 4 is 5.97 Å². The Hall–Kier alpha value is -0.910. The molecule has 1 fully saturated rings. The molecule has 0 aliphatic heterocycles. The van der Waals surface area contributed by atoms with Gasteiger partial charge in [-0.15, -0.1) is 0 Å². The average Bonchev–Trinajstić information content (AvgIpc) is 3.03. The van der Waals surface area contributed by atoms with Crippen LogP contribution in [0.15, 0.2) is 12.2 Å². The van der Waals surface area contributed by atoms with Gasteiger partial charge in [0.1, 0.15) is 0 Å². The maximum Gasteiger partial charge on any atom is 0.364 e. The van der Waals surface area contributed by atoms with E-state index in [0.717, 1.165) is 38.5 Å². The second kappa shape index (κ2) is 14.1. The summed E-state index contributed by atoms with van der Waals surface area (Å²) >= 11 is 0. The Morgan fingerprint density at radius 2 is 1.75 bits per heavy atom. The van der Waals surface area contributed by atoms with Crippen LogP contribution in [0.3, 0.4) is 0 Å². The van der Waals surface area contributed by atoms with Crippen molar-refractivity contribution in [3.63, 3.8) is 0 Å². The van der Waals surface area contributed by atoms with Crippen molar-refractivity contribution < 1.29 is 24.9 Å². The normalized spacial score (nSPS) is 24.6. The van der Waals surface area contributed by atoms with Crippen LogP contribution in [-0.2, 0) is 9.53 Å². The van der Waals surface area contributed by atoms with Gasteiger partial charge in [-0.05, 0) is 50.4 Å². The van der Waals surface area contributed by atoms with Gasteiger partial charge in [-0.3, -0.25) is 0 Å². The third kappa shape index (κ3) is 9.06. The second-order valence-electron chi connectivity index (χ2n) is 8.35. The molecule has 3 N–H and O–H groups in total. The van der Waals surface area contributed by atoms with Crippen molar-refractivity contribution in [2.75, 3.05) is 7.11 Å². The van der Waals surface area contributed by atoms with E-state index in [1.807, 2.05) is 0 Å². The highest BCUT2D eigenvalue weighted by Gasteiger charge is 2.35. The summed E-state index contributed by atoms with van der Waals surface area (Å²) in [7, 11) is 1.21. The predicted molar refractivity (Wildman–Crippen MR) is 112 cm³/mol. The van der Waals surface area contributed by atoms with Gasteiger partial charge in [0.2, 0.25) is 0 Å². The number of aliphatic carboxylic acids is 1. The number of methoxy groups -OCH3 is 1. The number of ether oxygens (including phenoxy) is 1. The van der Waals surface area contributed by atoms with Crippen molar-refractivity contribution in [3.8, 4) is 0 Å². The van der Waals surface area contributed by atoms with Gasteiger partial charge >= 0.3 is 5.97 Å². The van der Waals surface area contributed by atoms with Gasteiger partial charge in [-0.2, -0.15) is 0 Å². The number of carboxylic acids is 1. The first-order chi connectivity index (χ1) is 13.4. The maximum atomic E-state index is 11.0. The molecule has 5 nitrogen and oxygen atoms in total. The van der Waals surface area contributed by atoms with Gasteiger partial charge in [-0.1, -0.05) is 64.0 Å². The smallest absolute Gasteiger partial charge is 0.364 e. The molecule has 1 saturated carbocycles. The highest BCUT2D eigenvalue weighted by Crippen LogP contribution is 2.37. The number of hydrogen-bond donors (Lipinski definition) is 3. The molecule has 4 atom stereocenters. The number of carbonyl (C=O) groups is 1. The fourth-order valence-corrected chi connectivity index (χ4v) is 4.25. The van der Waals surface area contributed by atoms with Crippen molar-refractivity contribution in [2.45, 2.75) is 109 Å². The maximum absolute atomic E-state index is 11.0. The number of carboxylic acid groups (broad SMARTS) is 1. The number of allylic oxidation sites excluding steroid dienone is 2. The zero-order valence-corrected chi connectivity index (χ0v) is 17.9. The van der Waals surface area contributed by atoms with E-state index >= 15 is 0 Å². The Balaban J connectivity index is 2.23. The Morgan fingerprint density at radius 3 is 2.43 bits per heavy atom. The van der Waals surface area contributed by atoms with E-state index in [9.17, 15) is 15.0 Å². The van der Waals surface area contributed by atoms with E-state index in [4.69, 9.17) is 9.84 Å². The molecule has 0 aromatic heterocycles. The molecule has 0 heterocycles. The molecule has 1 aliphatic carbocycles. The zero-order valence-electron chi connectivity index (χ0n) is 17.9. The van der Waals surface area contributed by atoms with Gasteiger partial charge in [0, 0.05) is 13.5 Å². The Kier molecular flexibility index (Phi) is 12.7. The minimum Gasteiger partial charge on any atom is -0.477 e. The highest BCUT2D eigenvalue weighted by molar-refractivity contribution is 5.75. The minimum atomic E-state index is -2.07. The molecule has 0 amide bonds. The molecule has 0 aromatic carbocycles. The fraction of sp³-hybridized carbons (Fsp3) is 0.870. The van der Waals surface area contributed by atoms with Crippen molar-refractivity contribution in [3.05, 3.63) is 12.2 Å². The van der Waals surface area contributed by atoms with Crippen LogP contribution in [0.1, 0.15) is 96.8 Å². The van der Waals surface area contributed by atoms with Crippen LogP contribution < -0.4 is 0 Å². The number of rotatable bonds is 16. The Bertz CT molecular complexity index is 450. The van der Waals surface area contributed by atoms with Gasteiger partial charge in [-0.25, -0.2) is 4.79 Å². The van der Waals surface area contributed by atoms with Crippen molar-refractivity contribution in [1.82, 2.24) is 0 Å². The van der Waals surface area contributed by atoms with Crippen molar-refractivity contribution in [2.24, 2.45) is 11.8 Å². The van der Waals surface area contributed by atoms with E-state index in [2.05, 4.69) is 19.1 Å². The summed E-state index contributed by atoms with van der Waals surface area (Å²) in [6.07, 6.45) is 18.8. The Labute approximate surface area is 171 Å². The van der Waals surface area contributed by atoms with Crippen LogP contribution in [0.5, 0.6) is 0 Å². The molecule has 0 spiro atoms. The summed E-state index contributed by atoms with van der Waals surface area (Å²) in [4.78, 5) is 11.0. The highest BCUT2D eigenvalue weighted by atomic mass is 16.6.